The molecule has 0 saturated carbocycles. The number of nitrogens with one attached hydrogen (secondary N) is 2. The van der Waals surface area contributed by atoms with Crippen LogP contribution in [0.25, 0.3) is 0 Å². The third kappa shape index (κ3) is 13.2. The molecule has 0 bridgehead atoms. The highest BCUT2D eigenvalue weighted by Crippen LogP contribution is 2.06. The van der Waals surface area contributed by atoms with Crippen LogP contribution < -0.4 is 10.6 Å². The van der Waals surface area contributed by atoms with Crippen molar-refractivity contribution in [2.45, 2.75) is 53.1 Å². The number of alkyl carbamates (subject to hydrolysis) is 1. The van der Waals surface area contributed by atoms with Gasteiger partial charge in [-0.25, -0.2) is 4.79 Å². The molecule has 0 aromatic rings. The average molecular weight is 270 g/mol. The first-order valence-corrected chi connectivity index (χ1v) is 7.17. The van der Waals surface area contributed by atoms with E-state index in [-0.39, 0.29) is 6.09 Å². The summed E-state index contributed by atoms with van der Waals surface area (Å²) in [6.07, 6.45) is 6.08. The van der Waals surface area contributed by atoms with Crippen molar-refractivity contribution in [3.63, 3.8) is 0 Å². The van der Waals surface area contributed by atoms with Gasteiger partial charge in [-0.15, -0.1) is 0 Å². The molecule has 0 aliphatic heterocycles. The molecule has 0 radical (unpaired) electrons. The van der Waals surface area contributed by atoms with Crippen molar-refractivity contribution in [3.8, 4) is 0 Å². The van der Waals surface area contributed by atoms with Gasteiger partial charge in [0.25, 0.3) is 0 Å². The molecule has 112 valence electrons. The molecule has 0 aliphatic carbocycles. The third-order valence-corrected chi connectivity index (χ3v) is 2.47. The number of ether oxygens (including phenoxy) is 1. The van der Waals surface area contributed by atoms with Crippen LogP contribution in [0.3, 0.4) is 0 Å². The Labute approximate surface area is 118 Å². The Bertz CT molecular complexity index is 270. The molecule has 1 unspecified atom stereocenters. The van der Waals surface area contributed by atoms with E-state index in [4.69, 9.17) is 4.74 Å². The lowest BCUT2D eigenvalue weighted by Gasteiger charge is -2.19. The Balaban J connectivity index is 3.52. The number of hydrogen-bond donors (Lipinski definition) is 2. The summed E-state index contributed by atoms with van der Waals surface area (Å²) in [5.41, 5.74) is -0.440. The molecule has 0 rings (SSSR count). The van der Waals surface area contributed by atoms with Gasteiger partial charge in [0, 0.05) is 13.1 Å². The van der Waals surface area contributed by atoms with Gasteiger partial charge >= 0.3 is 6.09 Å². The normalized spacial score (nSPS) is 13.5. The van der Waals surface area contributed by atoms with Gasteiger partial charge in [0.05, 0.1) is 0 Å². The van der Waals surface area contributed by atoms with Crippen molar-refractivity contribution in [3.05, 3.63) is 12.2 Å². The quantitative estimate of drug-likeness (QED) is 0.526. The van der Waals surface area contributed by atoms with E-state index in [1.165, 1.54) is 12.8 Å². The molecule has 0 aromatic heterocycles. The van der Waals surface area contributed by atoms with Crippen molar-refractivity contribution < 1.29 is 9.53 Å². The zero-order chi connectivity index (χ0) is 14.7. The maximum Gasteiger partial charge on any atom is 0.407 e. The Kier molecular flexibility index (Phi) is 9.31. The average Bonchev–Trinajstić information content (AvgIpc) is 2.25. The zero-order valence-corrected chi connectivity index (χ0v) is 13.1. The second-order valence-electron chi connectivity index (χ2n) is 5.91. The topological polar surface area (TPSA) is 50.4 Å². The van der Waals surface area contributed by atoms with Gasteiger partial charge in [-0.2, -0.15) is 0 Å². The summed E-state index contributed by atoms with van der Waals surface area (Å²) in [6.45, 7) is 12.4. The lowest BCUT2D eigenvalue weighted by atomic mass is 10.1. The Morgan fingerprint density at radius 3 is 2.47 bits per heavy atom. The van der Waals surface area contributed by atoms with E-state index in [0.717, 1.165) is 19.0 Å². The minimum atomic E-state index is -0.440. The summed E-state index contributed by atoms with van der Waals surface area (Å²) in [5, 5.41) is 6.05. The molecule has 1 atom stereocenters. The highest BCUT2D eigenvalue weighted by molar-refractivity contribution is 5.67. The minimum absolute atomic E-state index is 0.373. The molecule has 0 spiro atoms. The van der Waals surface area contributed by atoms with Gasteiger partial charge in [-0.1, -0.05) is 32.4 Å². The molecule has 0 aromatic carbocycles. The van der Waals surface area contributed by atoms with Crippen molar-refractivity contribution in [1.82, 2.24) is 10.6 Å². The minimum Gasteiger partial charge on any atom is -0.444 e. The summed E-state index contributed by atoms with van der Waals surface area (Å²) in [5.74, 6) is 0.721. The summed E-state index contributed by atoms with van der Waals surface area (Å²) >= 11 is 0. The Morgan fingerprint density at radius 2 is 1.89 bits per heavy atom. The zero-order valence-electron chi connectivity index (χ0n) is 13.1. The lowest BCUT2D eigenvalue weighted by molar-refractivity contribution is 0.0534. The van der Waals surface area contributed by atoms with Crippen LogP contribution in [-0.4, -0.2) is 31.3 Å². The van der Waals surface area contributed by atoms with E-state index in [1.54, 1.807) is 0 Å². The van der Waals surface area contributed by atoms with Crippen LogP contribution >= 0.6 is 0 Å². The van der Waals surface area contributed by atoms with E-state index in [2.05, 4.69) is 24.5 Å². The molecule has 0 fully saturated rings. The lowest BCUT2D eigenvalue weighted by Crippen LogP contribution is -2.32. The van der Waals surface area contributed by atoms with Crippen molar-refractivity contribution in [1.29, 1.82) is 0 Å². The van der Waals surface area contributed by atoms with Crippen LogP contribution in [0, 0.1) is 5.92 Å². The summed E-state index contributed by atoms with van der Waals surface area (Å²) < 4.78 is 5.12. The Morgan fingerprint density at radius 1 is 1.26 bits per heavy atom. The fraction of sp³-hybridized carbons (Fsp3) is 0.800. The molecular weight excluding hydrogens is 240 g/mol. The van der Waals surface area contributed by atoms with E-state index >= 15 is 0 Å². The fourth-order valence-corrected chi connectivity index (χ4v) is 1.63. The van der Waals surface area contributed by atoms with E-state index in [1.807, 2.05) is 32.9 Å². The molecule has 0 saturated heterocycles. The molecule has 19 heavy (non-hydrogen) atoms. The van der Waals surface area contributed by atoms with Gasteiger partial charge in [-0.05, 0) is 39.7 Å². The van der Waals surface area contributed by atoms with E-state index < -0.39 is 5.60 Å². The first-order valence-electron chi connectivity index (χ1n) is 7.17. The third-order valence-electron chi connectivity index (χ3n) is 2.47. The highest BCUT2D eigenvalue weighted by atomic mass is 16.6. The monoisotopic (exact) mass is 270 g/mol. The van der Waals surface area contributed by atoms with Crippen LogP contribution in [0.5, 0.6) is 0 Å². The van der Waals surface area contributed by atoms with Crippen LogP contribution in [0.1, 0.15) is 47.5 Å². The molecular formula is C15H30N2O2. The van der Waals surface area contributed by atoms with E-state index in [9.17, 15) is 4.79 Å². The van der Waals surface area contributed by atoms with Crippen molar-refractivity contribution in [2.24, 2.45) is 5.92 Å². The van der Waals surface area contributed by atoms with Gasteiger partial charge in [0.15, 0.2) is 0 Å². The molecule has 2 N–H and O–H groups in total. The number of amides is 1. The SMILES string of the molecule is CCCC(C)CNC/C=C/CNC(=O)OC(C)(C)C. The Hall–Kier alpha value is -1.03. The predicted molar refractivity (Wildman–Crippen MR) is 80.3 cm³/mol. The maximum atomic E-state index is 11.3. The molecule has 0 heterocycles. The number of rotatable bonds is 8. The van der Waals surface area contributed by atoms with Crippen molar-refractivity contribution >= 4 is 6.09 Å². The van der Waals surface area contributed by atoms with Gasteiger partial charge in [-0.3, -0.25) is 0 Å². The van der Waals surface area contributed by atoms with Crippen LogP contribution in [0.15, 0.2) is 12.2 Å². The summed E-state index contributed by atoms with van der Waals surface area (Å²) in [6, 6.07) is 0. The number of hydrogen-bond acceptors (Lipinski definition) is 3. The maximum absolute atomic E-state index is 11.3. The number of carbonyl (C=O) groups excluding carboxylic acids is 1. The van der Waals surface area contributed by atoms with Gasteiger partial charge < -0.3 is 15.4 Å². The molecule has 4 nitrogen and oxygen atoms in total. The molecule has 0 aliphatic rings. The molecule has 1 amide bonds. The predicted octanol–water partition coefficient (Wildman–Crippen LogP) is 3.09. The van der Waals surface area contributed by atoms with Crippen molar-refractivity contribution in [2.75, 3.05) is 19.6 Å². The first-order chi connectivity index (χ1) is 8.85. The summed E-state index contributed by atoms with van der Waals surface area (Å²) in [4.78, 5) is 11.3. The highest BCUT2D eigenvalue weighted by Gasteiger charge is 2.14. The van der Waals surface area contributed by atoms with Crippen LogP contribution in [0.4, 0.5) is 4.79 Å². The van der Waals surface area contributed by atoms with Gasteiger partial charge in [0.2, 0.25) is 0 Å². The number of carbonyl (C=O) groups is 1. The fourth-order valence-electron chi connectivity index (χ4n) is 1.63. The van der Waals surface area contributed by atoms with Crippen LogP contribution in [0.2, 0.25) is 0 Å². The smallest absolute Gasteiger partial charge is 0.407 e. The standard InChI is InChI=1S/C15H30N2O2/c1-6-9-13(2)12-16-10-7-8-11-17-14(18)19-15(3,4)5/h7-8,13,16H,6,9-12H2,1-5H3,(H,17,18)/b8-7+. The summed E-state index contributed by atoms with van der Waals surface area (Å²) in [7, 11) is 0. The van der Waals surface area contributed by atoms with E-state index in [0.29, 0.717) is 6.54 Å². The second kappa shape index (κ2) is 9.84. The second-order valence-corrected chi connectivity index (χ2v) is 5.91. The van der Waals surface area contributed by atoms with Crippen LogP contribution in [-0.2, 0) is 4.74 Å². The largest absolute Gasteiger partial charge is 0.444 e. The van der Waals surface area contributed by atoms with Gasteiger partial charge in [0.1, 0.15) is 5.60 Å². The molecule has 4 heteroatoms. The first kappa shape index (κ1) is 18.0.